The molecule has 1 amide bonds. The van der Waals surface area contributed by atoms with Crippen LogP contribution in [0, 0.1) is 0 Å². The van der Waals surface area contributed by atoms with Crippen LogP contribution in [0.1, 0.15) is 69.3 Å². The number of hydrogen-bond donors (Lipinski definition) is 3. The molecule has 2 aliphatic heterocycles. The summed E-state index contributed by atoms with van der Waals surface area (Å²) in [4.78, 5) is 19.4. The van der Waals surface area contributed by atoms with Crippen LogP contribution in [-0.2, 0) is 4.79 Å². The minimum Gasteiger partial charge on any atom is -0.356 e. The van der Waals surface area contributed by atoms with Gasteiger partial charge in [-0.15, -0.1) is 0 Å². The summed E-state index contributed by atoms with van der Waals surface area (Å²) in [5.41, 5.74) is 2.42. The molecule has 0 bridgehead atoms. The standard InChI is InChI=1S/C24H37N5O/c1-25-23(26-17-19-16-22(30)28-21-11-5-4-10-20(19)21)27-18-24(12-6-2-7-13-24)29-14-8-3-9-15-29/h4-5,10-11,19H,2-3,6-9,12-18H2,1H3,(H,28,30)(H2,25,26,27). The first-order valence-corrected chi connectivity index (χ1v) is 11.8. The van der Waals surface area contributed by atoms with Crippen LogP contribution in [0.5, 0.6) is 0 Å². The highest BCUT2D eigenvalue weighted by atomic mass is 16.1. The van der Waals surface area contributed by atoms with Crippen molar-refractivity contribution in [3.8, 4) is 0 Å². The van der Waals surface area contributed by atoms with Crippen molar-refractivity contribution in [2.24, 2.45) is 4.99 Å². The second kappa shape index (κ2) is 9.82. The van der Waals surface area contributed by atoms with Gasteiger partial charge >= 0.3 is 0 Å². The van der Waals surface area contributed by atoms with Gasteiger partial charge in [-0.05, 0) is 50.4 Å². The second-order valence-electron chi connectivity index (χ2n) is 9.18. The third kappa shape index (κ3) is 4.80. The lowest BCUT2D eigenvalue weighted by atomic mass is 9.79. The van der Waals surface area contributed by atoms with E-state index in [1.165, 1.54) is 70.0 Å². The molecule has 2 heterocycles. The lowest BCUT2D eigenvalue weighted by Gasteiger charge is -2.48. The summed E-state index contributed by atoms with van der Waals surface area (Å²) in [5, 5.41) is 10.1. The van der Waals surface area contributed by atoms with E-state index in [0.29, 0.717) is 13.0 Å². The average molecular weight is 412 g/mol. The van der Waals surface area contributed by atoms with E-state index < -0.39 is 0 Å². The summed E-state index contributed by atoms with van der Waals surface area (Å²) in [5.74, 6) is 1.11. The van der Waals surface area contributed by atoms with Crippen molar-refractivity contribution >= 4 is 17.6 Å². The average Bonchev–Trinajstić information content (AvgIpc) is 2.80. The van der Waals surface area contributed by atoms with Crippen molar-refractivity contribution in [2.75, 3.05) is 38.5 Å². The Balaban J connectivity index is 1.37. The summed E-state index contributed by atoms with van der Waals surface area (Å²) in [7, 11) is 1.84. The quantitative estimate of drug-likeness (QED) is 0.513. The van der Waals surface area contributed by atoms with E-state index in [9.17, 15) is 4.79 Å². The highest BCUT2D eigenvalue weighted by molar-refractivity contribution is 5.94. The van der Waals surface area contributed by atoms with E-state index >= 15 is 0 Å². The number of nitrogens with one attached hydrogen (secondary N) is 3. The zero-order valence-electron chi connectivity index (χ0n) is 18.4. The molecule has 1 unspecified atom stereocenters. The van der Waals surface area contributed by atoms with Gasteiger partial charge in [0.1, 0.15) is 0 Å². The van der Waals surface area contributed by atoms with Gasteiger partial charge in [0.15, 0.2) is 5.96 Å². The Bertz CT molecular complexity index is 750. The number of anilines is 1. The molecule has 1 atom stereocenters. The van der Waals surface area contributed by atoms with Crippen molar-refractivity contribution in [1.29, 1.82) is 0 Å². The molecule has 2 fully saturated rings. The number of para-hydroxylation sites is 1. The van der Waals surface area contributed by atoms with E-state index in [1.54, 1.807) is 0 Å². The lowest BCUT2D eigenvalue weighted by Crippen LogP contribution is -2.59. The van der Waals surface area contributed by atoms with Gasteiger partial charge in [0.25, 0.3) is 0 Å². The van der Waals surface area contributed by atoms with Crippen LogP contribution < -0.4 is 16.0 Å². The van der Waals surface area contributed by atoms with E-state index in [0.717, 1.165) is 18.2 Å². The number of nitrogens with zero attached hydrogens (tertiary/aromatic N) is 2. The van der Waals surface area contributed by atoms with Crippen LogP contribution in [-0.4, -0.2) is 55.5 Å². The Morgan fingerprint density at radius 2 is 1.83 bits per heavy atom. The molecule has 1 saturated heterocycles. The Morgan fingerprint density at radius 3 is 2.60 bits per heavy atom. The number of likely N-dealkylation sites (tertiary alicyclic amines) is 1. The minimum absolute atomic E-state index is 0.0923. The number of carbonyl (C=O) groups is 1. The topological polar surface area (TPSA) is 68.8 Å². The molecule has 1 aromatic carbocycles. The maximum Gasteiger partial charge on any atom is 0.225 e. The molecule has 1 aliphatic carbocycles. The second-order valence-corrected chi connectivity index (χ2v) is 9.18. The number of hydrogen-bond acceptors (Lipinski definition) is 3. The van der Waals surface area contributed by atoms with Crippen LogP contribution in [0.4, 0.5) is 5.69 Å². The molecule has 1 saturated carbocycles. The zero-order valence-corrected chi connectivity index (χ0v) is 18.4. The third-order valence-electron chi connectivity index (χ3n) is 7.24. The Kier molecular flexibility index (Phi) is 6.93. The largest absolute Gasteiger partial charge is 0.356 e. The molecule has 0 spiro atoms. The number of rotatable bonds is 5. The van der Waals surface area contributed by atoms with Crippen LogP contribution in [0.25, 0.3) is 0 Å². The molecule has 3 N–H and O–H groups in total. The SMILES string of the molecule is CN=C(NCC1CC(=O)Nc2ccccc21)NCC1(N2CCCCC2)CCCCC1. The normalized spacial score (nSPS) is 24.6. The molecule has 1 aromatic rings. The van der Waals surface area contributed by atoms with Crippen molar-refractivity contribution in [2.45, 2.75) is 69.2 Å². The van der Waals surface area contributed by atoms with Gasteiger partial charge in [-0.1, -0.05) is 43.9 Å². The monoisotopic (exact) mass is 411 g/mol. The van der Waals surface area contributed by atoms with Gasteiger partial charge in [-0.25, -0.2) is 0 Å². The first kappa shape index (κ1) is 21.2. The van der Waals surface area contributed by atoms with Gasteiger partial charge in [0.2, 0.25) is 5.91 Å². The van der Waals surface area contributed by atoms with E-state index in [1.807, 2.05) is 25.2 Å². The molecule has 4 rings (SSSR count). The van der Waals surface area contributed by atoms with Crippen LogP contribution in [0.3, 0.4) is 0 Å². The van der Waals surface area contributed by atoms with Gasteiger partial charge in [0.05, 0.1) is 0 Å². The molecule has 3 aliphatic rings. The van der Waals surface area contributed by atoms with Crippen LogP contribution in [0.15, 0.2) is 29.3 Å². The highest BCUT2D eigenvalue weighted by Crippen LogP contribution is 2.35. The number of guanidine groups is 1. The van der Waals surface area contributed by atoms with Crippen molar-refractivity contribution < 1.29 is 4.79 Å². The fraction of sp³-hybridized carbons (Fsp3) is 0.667. The lowest BCUT2D eigenvalue weighted by molar-refractivity contribution is -0.116. The van der Waals surface area contributed by atoms with Crippen molar-refractivity contribution in [1.82, 2.24) is 15.5 Å². The summed E-state index contributed by atoms with van der Waals surface area (Å²) in [6, 6.07) is 8.12. The number of fused-ring (bicyclic) bond motifs is 1. The number of piperidine rings is 1. The molecule has 0 aromatic heterocycles. The fourth-order valence-electron chi connectivity index (χ4n) is 5.56. The third-order valence-corrected chi connectivity index (χ3v) is 7.24. The van der Waals surface area contributed by atoms with Gasteiger partial charge in [-0.2, -0.15) is 0 Å². The van der Waals surface area contributed by atoms with E-state index in [2.05, 4.69) is 31.9 Å². The van der Waals surface area contributed by atoms with E-state index in [-0.39, 0.29) is 17.4 Å². The molecular weight excluding hydrogens is 374 g/mol. The number of amides is 1. The first-order chi connectivity index (χ1) is 14.7. The Labute approximate surface area is 180 Å². The number of aliphatic imine (C=N–C) groups is 1. The van der Waals surface area contributed by atoms with Crippen LogP contribution in [0.2, 0.25) is 0 Å². The van der Waals surface area contributed by atoms with Gasteiger partial charge < -0.3 is 16.0 Å². The predicted octanol–water partition coefficient (Wildman–Crippen LogP) is 3.47. The van der Waals surface area contributed by atoms with Crippen molar-refractivity contribution in [3.05, 3.63) is 29.8 Å². The van der Waals surface area contributed by atoms with E-state index in [4.69, 9.17) is 0 Å². The molecule has 0 radical (unpaired) electrons. The highest BCUT2D eigenvalue weighted by Gasteiger charge is 2.38. The summed E-state index contributed by atoms with van der Waals surface area (Å²) in [6.07, 6.45) is 11.1. The Hall–Kier alpha value is -2.08. The maximum absolute atomic E-state index is 12.1. The van der Waals surface area contributed by atoms with Crippen LogP contribution >= 0.6 is 0 Å². The first-order valence-electron chi connectivity index (χ1n) is 11.8. The predicted molar refractivity (Wildman–Crippen MR) is 123 cm³/mol. The smallest absolute Gasteiger partial charge is 0.225 e. The minimum atomic E-state index is 0.0923. The Morgan fingerprint density at radius 1 is 1.10 bits per heavy atom. The molecular formula is C24H37N5O. The summed E-state index contributed by atoms with van der Waals surface area (Å²) >= 11 is 0. The van der Waals surface area contributed by atoms with Crippen molar-refractivity contribution in [3.63, 3.8) is 0 Å². The van der Waals surface area contributed by atoms with Gasteiger partial charge in [0, 0.05) is 43.7 Å². The molecule has 6 heteroatoms. The summed E-state index contributed by atoms with van der Waals surface area (Å²) in [6.45, 7) is 4.14. The molecule has 6 nitrogen and oxygen atoms in total. The van der Waals surface area contributed by atoms with Gasteiger partial charge in [-0.3, -0.25) is 14.7 Å². The number of carbonyl (C=O) groups excluding carboxylic acids is 1. The fourth-order valence-corrected chi connectivity index (χ4v) is 5.56. The molecule has 30 heavy (non-hydrogen) atoms. The maximum atomic E-state index is 12.1. The zero-order chi connectivity index (χ0) is 20.8. The molecule has 164 valence electrons. The summed E-state index contributed by atoms with van der Waals surface area (Å²) < 4.78 is 0. The number of benzene rings is 1.